The Morgan fingerprint density at radius 1 is 1.24 bits per heavy atom. The molecule has 0 bridgehead atoms. The van der Waals surface area contributed by atoms with E-state index < -0.39 is 22.7 Å². The van der Waals surface area contributed by atoms with Gasteiger partial charge in [0.15, 0.2) is 16.6 Å². The van der Waals surface area contributed by atoms with Gasteiger partial charge in [-0.05, 0) is 31.5 Å². The molecule has 1 N–H and O–H groups in total. The fourth-order valence-electron chi connectivity index (χ4n) is 2.43. The number of rotatable bonds is 5. The van der Waals surface area contributed by atoms with Gasteiger partial charge in [-0.25, -0.2) is 13.2 Å². The number of carbonyl (C=O) groups is 1. The maximum absolute atomic E-state index is 12.2. The quantitative estimate of drug-likeness (QED) is 0.792. The maximum atomic E-state index is 12.2. The van der Waals surface area contributed by atoms with Crippen LogP contribution in [0.2, 0.25) is 0 Å². The summed E-state index contributed by atoms with van der Waals surface area (Å²) in [7, 11) is -2.72. The molecule has 0 unspecified atom stereocenters. The lowest BCUT2D eigenvalue weighted by Crippen LogP contribution is -2.46. The second kappa shape index (κ2) is 7.99. The summed E-state index contributed by atoms with van der Waals surface area (Å²) in [5, 5.41) is 3.25. The Kier molecular flexibility index (Phi) is 6.01. The zero-order valence-corrected chi connectivity index (χ0v) is 12.6. The van der Waals surface area contributed by atoms with Gasteiger partial charge in [0.05, 0.1) is 0 Å². The number of thiol groups is 1. The molecule has 0 atom stereocenters. The minimum absolute atomic E-state index is 0.0727. The van der Waals surface area contributed by atoms with Crippen LogP contribution in [0.25, 0.3) is 0 Å². The molecule has 0 spiro atoms. The normalized spacial score (nSPS) is 15.9. The summed E-state index contributed by atoms with van der Waals surface area (Å²) < 4.78 is 26.0. The Labute approximate surface area is 126 Å². The third kappa shape index (κ3) is 5.02. The van der Waals surface area contributed by atoms with Crippen LogP contribution < -0.4 is 5.32 Å². The van der Waals surface area contributed by atoms with Crippen LogP contribution in [0.15, 0.2) is 30.3 Å². The fourth-order valence-corrected chi connectivity index (χ4v) is 2.65. The van der Waals surface area contributed by atoms with Crippen molar-refractivity contribution < 1.29 is 17.9 Å². The summed E-state index contributed by atoms with van der Waals surface area (Å²) in [6, 6.07) is 9.69. The zero-order chi connectivity index (χ0) is 15.1. The Bertz CT molecular complexity index is 519. The average Bonchev–Trinajstić information content (AvgIpc) is 2.52. The van der Waals surface area contributed by atoms with Gasteiger partial charge in [-0.3, -0.25) is 0 Å². The molecular formula is C14H20N2O4S. The van der Waals surface area contributed by atoms with Crippen LogP contribution in [0.3, 0.4) is 0 Å². The van der Waals surface area contributed by atoms with Gasteiger partial charge in [-0.1, -0.05) is 30.3 Å². The van der Waals surface area contributed by atoms with E-state index in [0.29, 0.717) is 6.54 Å². The Morgan fingerprint density at radius 2 is 1.90 bits per heavy atom. The van der Waals surface area contributed by atoms with E-state index in [-0.39, 0.29) is 6.04 Å². The molecular weight excluding hydrogens is 292 g/mol. The summed E-state index contributed by atoms with van der Waals surface area (Å²) >= 11 is 0. The molecule has 21 heavy (non-hydrogen) atoms. The fraction of sp³-hybridized carbons (Fsp3) is 0.500. The van der Waals surface area contributed by atoms with Crippen molar-refractivity contribution in [3.8, 4) is 0 Å². The molecule has 116 valence electrons. The van der Waals surface area contributed by atoms with Crippen LogP contribution >= 0.6 is 0 Å². The Balaban J connectivity index is 2.07. The molecule has 1 aliphatic heterocycles. The van der Waals surface area contributed by atoms with Gasteiger partial charge in [0.1, 0.15) is 0 Å². The molecule has 0 aromatic heterocycles. The summed E-state index contributed by atoms with van der Waals surface area (Å²) in [6.45, 7) is 2.12. The number of ether oxygens (including phenoxy) is 1. The number of amides is 1. The van der Waals surface area contributed by atoms with E-state index in [0.717, 1.165) is 31.5 Å². The van der Waals surface area contributed by atoms with Crippen LogP contribution in [0.5, 0.6) is 0 Å². The van der Waals surface area contributed by atoms with Gasteiger partial charge in [0, 0.05) is 12.6 Å². The SMILES string of the molecule is O=C(OC[SH](=O)=O)N(Cc1ccccc1)C1CCNCC1. The van der Waals surface area contributed by atoms with E-state index in [1.807, 2.05) is 30.3 Å². The first-order valence-electron chi connectivity index (χ1n) is 6.96. The summed E-state index contributed by atoms with van der Waals surface area (Å²) in [4.78, 5) is 13.8. The van der Waals surface area contributed by atoms with Crippen molar-refractivity contribution in [3.05, 3.63) is 35.9 Å². The molecule has 1 aromatic rings. The predicted octanol–water partition coefficient (Wildman–Crippen LogP) is 0.946. The molecule has 0 saturated carbocycles. The average molecular weight is 312 g/mol. The number of hydrogen-bond acceptors (Lipinski definition) is 5. The van der Waals surface area contributed by atoms with Crippen molar-refractivity contribution in [2.75, 3.05) is 19.0 Å². The molecule has 1 aliphatic rings. The zero-order valence-electron chi connectivity index (χ0n) is 11.7. The van der Waals surface area contributed by atoms with Crippen molar-refractivity contribution >= 4 is 16.8 Å². The second-order valence-corrected chi connectivity index (χ2v) is 5.89. The number of nitrogens with one attached hydrogen (secondary N) is 1. The predicted molar refractivity (Wildman–Crippen MR) is 79.5 cm³/mol. The van der Waals surface area contributed by atoms with E-state index in [1.54, 1.807) is 4.90 Å². The van der Waals surface area contributed by atoms with Crippen molar-refractivity contribution in [3.63, 3.8) is 0 Å². The minimum Gasteiger partial charge on any atom is -0.433 e. The first-order chi connectivity index (χ1) is 10.2. The van der Waals surface area contributed by atoms with Crippen LogP contribution in [0.1, 0.15) is 18.4 Å². The summed E-state index contributed by atoms with van der Waals surface area (Å²) in [5.41, 5.74) is 1.000. The van der Waals surface area contributed by atoms with Gasteiger partial charge in [0.25, 0.3) is 0 Å². The number of hydrogen-bond donors (Lipinski definition) is 2. The van der Waals surface area contributed by atoms with E-state index in [4.69, 9.17) is 4.74 Å². The molecule has 1 aromatic carbocycles. The van der Waals surface area contributed by atoms with Crippen LogP contribution in [-0.2, 0) is 22.0 Å². The number of benzene rings is 1. The van der Waals surface area contributed by atoms with Crippen molar-refractivity contribution in [1.29, 1.82) is 0 Å². The molecule has 2 rings (SSSR count). The number of piperidine rings is 1. The molecule has 1 amide bonds. The third-order valence-electron chi connectivity index (χ3n) is 3.47. The third-order valence-corrected chi connectivity index (χ3v) is 3.81. The van der Waals surface area contributed by atoms with Crippen LogP contribution in [-0.4, -0.2) is 44.5 Å². The van der Waals surface area contributed by atoms with Gasteiger partial charge in [-0.15, -0.1) is 0 Å². The molecule has 1 heterocycles. The highest BCUT2D eigenvalue weighted by atomic mass is 32.2. The highest BCUT2D eigenvalue weighted by molar-refractivity contribution is 7.72. The van der Waals surface area contributed by atoms with E-state index >= 15 is 0 Å². The first-order valence-corrected chi connectivity index (χ1v) is 8.33. The largest absolute Gasteiger partial charge is 0.433 e. The van der Waals surface area contributed by atoms with Crippen LogP contribution in [0, 0.1) is 0 Å². The molecule has 1 saturated heterocycles. The van der Waals surface area contributed by atoms with Gasteiger partial charge in [-0.2, -0.15) is 0 Å². The lowest BCUT2D eigenvalue weighted by atomic mass is 10.0. The van der Waals surface area contributed by atoms with Crippen LogP contribution in [0.4, 0.5) is 4.79 Å². The van der Waals surface area contributed by atoms with Crippen molar-refractivity contribution in [2.45, 2.75) is 25.4 Å². The highest BCUT2D eigenvalue weighted by Gasteiger charge is 2.26. The first kappa shape index (κ1) is 15.8. The van der Waals surface area contributed by atoms with Crippen molar-refractivity contribution in [2.24, 2.45) is 0 Å². The molecule has 1 fully saturated rings. The Morgan fingerprint density at radius 3 is 2.52 bits per heavy atom. The summed E-state index contributed by atoms with van der Waals surface area (Å²) in [5.74, 6) is -0.565. The molecule has 0 aliphatic carbocycles. The topological polar surface area (TPSA) is 75.7 Å². The van der Waals surface area contributed by atoms with Gasteiger partial charge in [0.2, 0.25) is 0 Å². The molecule has 0 radical (unpaired) electrons. The van der Waals surface area contributed by atoms with Crippen molar-refractivity contribution in [1.82, 2.24) is 10.2 Å². The highest BCUT2D eigenvalue weighted by Crippen LogP contribution is 2.17. The van der Waals surface area contributed by atoms with E-state index in [2.05, 4.69) is 5.32 Å². The number of carbonyl (C=O) groups excluding carboxylic acids is 1. The lowest BCUT2D eigenvalue weighted by molar-refractivity contribution is 0.0871. The monoisotopic (exact) mass is 312 g/mol. The number of nitrogens with zero attached hydrogens (tertiary/aromatic N) is 1. The minimum atomic E-state index is -2.72. The smallest absolute Gasteiger partial charge is 0.411 e. The van der Waals surface area contributed by atoms with Gasteiger partial charge < -0.3 is 15.0 Å². The lowest BCUT2D eigenvalue weighted by Gasteiger charge is -2.33. The second-order valence-electron chi connectivity index (χ2n) is 4.97. The van der Waals surface area contributed by atoms with E-state index in [9.17, 15) is 13.2 Å². The van der Waals surface area contributed by atoms with E-state index in [1.165, 1.54) is 0 Å². The van der Waals surface area contributed by atoms with Gasteiger partial charge >= 0.3 is 6.09 Å². The maximum Gasteiger partial charge on any atom is 0.411 e. The molecule has 6 nitrogen and oxygen atoms in total. The standard InChI is InChI=1S/C14H20N2O4S/c17-14(20-11-21(18)19)16(13-6-8-15-9-7-13)10-12-4-2-1-3-5-12/h1-5,13,15,21H,6-11H2. The molecule has 7 heteroatoms. The Hall–Kier alpha value is -1.60. The summed E-state index contributed by atoms with van der Waals surface area (Å²) in [6.07, 6.45) is 1.11.